The number of aliphatic hydroxyl groups excluding tert-OH is 1. The molecule has 1 N–H and O–H groups in total. The number of nitrogens with zero attached hydrogens (tertiary/aromatic N) is 3. The van der Waals surface area contributed by atoms with Crippen molar-refractivity contribution >= 4 is 35.5 Å². The van der Waals surface area contributed by atoms with Gasteiger partial charge in [-0.25, -0.2) is 4.79 Å². The van der Waals surface area contributed by atoms with Crippen molar-refractivity contribution in [2.24, 2.45) is 4.99 Å². The number of nitro benzene ring substituents is 1. The number of carbonyl (C=O) groups excluding carboxylic acids is 2. The molecule has 2 aromatic rings. The number of rotatable bonds is 7. The Bertz CT molecular complexity index is 1100. The molecule has 9 nitrogen and oxygen atoms in total. The summed E-state index contributed by atoms with van der Waals surface area (Å²) in [7, 11) is 0. The Kier molecular flexibility index (Phi) is 5.98. The van der Waals surface area contributed by atoms with Crippen LogP contribution in [0, 0.1) is 10.1 Å². The van der Waals surface area contributed by atoms with Crippen LogP contribution in [0.3, 0.4) is 0 Å². The van der Waals surface area contributed by atoms with Crippen LogP contribution in [0.5, 0.6) is 0 Å². The largest absolute Gasteiger partial charge is 0.459 e. The number of benzene rings is 2. The molecule has 2 aliphatic heterocycles. The van der Waals surface area contributed by atoms with Crippen LogP contribution < -0.4 is 0 Å². The Morgan fingerprint density at radius 2 is 1.91 bits per heavy atom. The Morgan fingerprint density at radius 3 is 2.52 bits per heavy atom. The second-order valence-corrected chi connectivity index (χ2v) is 10.2. The number of β-lactam (4-membered cyclic amide) rings is 1. The molecule has 0 radical (unpaired) electrons. The molecular weight excluding hydrogens is 446 g/mol. The van der Waals surface area contributed by atoms with Crippen LogP contribution in [0.25, 0.3) is 0 Å². The van der Waals surface area contributed by atoms with Gasteiger partial charge < -0.3 is 14.7 Å². The zero-order valence-corrected chi connectivity index (χ0v) is 18.9. The number of nitro groups is 1. The molecule has 33 heavy (non-hydrogen) atoms. The van der Waals surface area contributed by atoms with Gasteiger partial charge in [0.1, 0.15) is 18.0 Å². The molecule has 0 bridgehead atoms. The average Bonchev–Trinajstić information content (AvgIpc) is 3.07. The van der Waals surface area contributed by atoms with Gasteiger partial charge in [0.2, 0.25) is 0 Å². The summed E-state index contributed by atoms with van der Waals surface area (Å²) < 4.78 is 4.86. The molecule has 2 heterocycles. The quantitative estimate of drug-likeness (QED) is 0.217. The molecule has 1 amide bonds. The highest BCUT2D eigenvalue weighted by molar-refractivity contribution is 8.01. The number of aliphatic imine (C=N–C) groups is 1. The highest BCUT2D eigenvalue weighted by Gasteiger charge is 2.71. The summed E-state index contributed by atoms with van der Waals surface area (Å²) in [6.45, 7) is 3.30. The number of esters is 1. The van der Waals surface area contributed by atoms with Crippen LogP contribution in [0.4, 0.5) is 5.69 Å². The van der Waals surface area contributed by atoms with Crippen molar-refractivity contribution in [1.29, 1.82) is 0 Å². The molecule has 1 unspecified atom stereocenters. The molecule has 4 rings (SSSR count). The molecule has 0 spiro atoms. The first kappa shape index (κ1) is 22.9. The summed E-state index contributed by atoms with van der Waals surface area (Å²) in [4.78, 5) is 42.3. The van der Waals surface area contributed by atoms with E-state index in [1.165, 1.54) is 47.1 Å². The topological polar surface area (TPSA) is 122 Å². The number of hydrogen-bond donors (Lipinski definition) is 1. The lowest BCUT2D eigenvalue weighted by atomic mass is 9.85. The maximum atomic E-state index is 13.2. The number of fused-ring (bicyclic) bond motifs is 1. The fourth-order valence-corrected chi connectivity index (χ4v) is 5.75. The van der Waals surface area contributed by atoms with E-state index in [9.17, 15) is 24.8 Å². The lowest BCUT2D eigenvalue weighted by Crippen LogP contribution is -2.74. The van der Waals surface area contributed by atoms with Gasteiger partial charge in [-0.15, -0.1) is 11.8 Å². The van der Waals surface area contributed by atoms with Crippen LogP contribution in [-0.2, 0) is 20.9 Å². The summed E-state index contributed by atoms with van der Waals surface area (Å²) in [5.41, 5.74) is -0.0724. The molecule has 3 atom stereocenters. The standard InChI is InChI=1S/C23H23N3O6S/c1-22(2)18(19(28)32-13-16-6-4-3-5-7-16)25-20(29)23(14-27,21(25)33-22)24-12-15-8-10-17(11-9-15)26(30)31/h3-12,18,21,27H,13-14H2,1-2H3/t18-,21+,23?/m0/s1. The molecule has 2 aromatic carbocycles. The van der Waals surface area contributed by atoms with Crippen LogP contribution in [0.1, 0.15) is 25.0 Å². The predicted molar refractivity (Wildman–Crippen MR) is 123 cm³/mol. The van der Waals surface area contributed by atoms with Crippen LogP contribution in [0.2, 0.25) is 0 Å². The van der Waals surface area contributed by atoms with E-state index in [4.69, 9.17) is 4.74 Å². The average molecular weight is 470 g/mol. The van der Waals surface area contributed by atoms with Crippen molar-refractivity contribution < 1.29 is 24.4 Å². The second-order valence-electron chi connectivity index (χ2n) is 8.47. The number of amides is 1. The van der Waals surface area contributed by atoms with Gasteiger partial charge in [0, 0.05) is 23.1 Å². The minimum absolute atomic E-state index is 0.0557. The molecule has 2 fully saturated rings. The van der Waals surface area contributed by atoms with Crippen molar-refractivity contribution in [2.75, 3.05) is 6.61 Å². The van der Waals surface area contributed by atoms with Crippen molar-refractivity contribution in [3.8, 4) is 0 Å². The van der Waals surface area contributed by atoms with Crippen molar-refractivity contribution in [1.82, 2.24) is 4.90 Å². The zero-order chi connectivity index (χ0) is 23.8. The van der Waals surface area contributed by atoms with Crippen molar-refractivity contribution in [3.63, 3.8) is 0 Å². The summed E-state index contributed by atoms with van der Waals surface area (Å²) in [5, 5.41) is 20.4. The van der Waals surface area contributed by atoms with Crippen molar-refractivity contribution in [2.45, 2.75) is 42.2 Å². The molecule has 0 aromatic heterocycles. The summed E-state index contributed by atoms with van der Waals surface area (Å²) in [6, 6.07) is 14.2. The first-order valence-electron chi connectivity index (χ1n) is 10.3. The Morgan fingerprint density at radius 1 is 1.24 bits per heavy atom. The Balaban J connectivity index is 1.52. The van der Waals surface area contributed by atoms with E-state index in [2.05, 4.69) is 4.99 Å². The number of thioether (sulfide) groups is 1. The second kappa shape index (κ2) is 8.60. The third-order valence-electron chi connectivity index (χ3n) is 5.85. The smallest absolute Gasteiger partial charge is 0.330 e. The molecule has 2 saturated heterocycles. The van der Waals surface area contributed by atoms with Crippen molar-refractivity contribution in [3.05, 3.63) is 75.8 Å². The van der Waals surface area contributed by atoms with Gasteiger partial charge >= 0.3 is 5.97 Å². The fraction of sp³-hybridized carbons (Fsp3) is 0.348. The van der Waals surface area contributed by atoms with Gasteiger partial charge in [-0.2, -0.15) is 0 Å². The van der Waals surface area contributed by atoms with Crippen LogP contribution in [0.15, 0.2) is 59.6 Å². The molecule has 172 valence electrons. The summed E-state index contributed by atoms with van der Waals surface area (Å²) in [5.74, 6) is -0.953. The minimum Gasteiger partial charge on any atom is -0.459 e. The summed E-state index contributed by atoms with van der Waals surface area (Å²) in [6.07, 6.45) is 1.42. The number of aliphatic hydroxyl groups is 1. The first-order valence-corrected chi connectivity index (χ1v) is 11.2. The highest BCUT2D eigenvalue weighted by Crippen LogP contribution is 2.56. The van der Waals surface area contributed by atoms with E-state index in [0.717, 1.165) is 5.56 Å². The predicted octanol–water partition coefficient (Wildman–Crippen LogP) is 2.55. The third-order valence-corrected chi connectivity index (χ3v) is 7.53. The number of ether oxygens (including phenoxy) is 1. The third kappa shape index (κ3) is 4.00. The van der Waals surface area contributed by atoms with Gasteiger partial charge in [-0.05, 0) is 37.1 Å². The SMILES string of the molecule is CC1(C)S[C@H]2N(C(=O)C2(CO)N=Cc2ccc([N+](=O)[O-])cc2)[C@H]1C(=O)OCc1ccccc1. The molecule has 0 aliphatic carbocycles. The van der Waals surface area contributed by atoms with E-state index >= 15 is 0 Å². The number of carbonyl (C=O) groups is 2. The minimum atomic E-state index is -1.42. The van der Waals surface area contributed by atoms with E-state index in [1.54, 1.807) is 0 Å². The Hall–Kier alpha value is -3.24. The molecular formula is C23H23N3O6S. The molecule has 0 saturated carbocycles. The lowest BCUT2D eigenvalue weighted by Gasteiger charge is -2.49. The van der Waals surface area contributed by atoms with Crippen LogP contribution in [-0.4, -0.2) is 61.3 Å². The number of hydrogen-bond acceptors (Lipinski definition) is 8. The maximum absolute atomic E-state index is 13.2. The normalized spacial score (nSPS) is 25.5. The summed E-state index contributed by atoms with van der Waals surface area (Å²) >= 11 is 1.39. The van der Waals surface area contributed by atoms with Gasteiger partial charge in [0.15, 0.2) is 5.54 Å². The Labute approximate surface area is 194 Å². The monoisotopic (exact) mass is 469 g/mol. The van der Waals surface area contributed by atoms with E-state index in [-0.39, 0.29) is 12.3 Å². The van der Waals surface area contributed by atoms with E-state index < -0.39 is 45.1 Å². The van der Waals surface area contributed by atoms with Gasteiger partial charge in [0.05, 0.1) is 11.5 Å². The lowest BCUT2D eigenvalue weighted by molar-refractivity contribution is -0.384. The fourth-order valence-electron chi connectivity index (χ4n) is 4.08. The molecule has 2 aliphatic rings. The van der Waals surface area contributed by atoms with Crippen LogP contribution >= 0.6 is 11.8 Å². The maximum Gasteiger partial charge on any atom is 0.330 e. The highest BCUT2D eigenvalue weighted by atomic mass is 32.2. The first-order chi connectivity index (χ1) is 15.7. The van der Waals surface area contributed by atoms with Gasteiger partial charge in [0.25, 0.3) is 11.6 Å². The molecule has 10 heteroatoms. The van der Waals surface area contributed by atoms with Gasteiger partial charge in [-0.3, -0.25) is 19.9 Å². The number of non-ortho nitro benzene ring substituents is 1. The van der Waals surface area contributed by atoms with E-state index in [1.807, 2.05) is 44.2 Å². The van der Waals surface area contributed by atoms with E-state index in [0.29, 0.717) is 5.56 Å². The zero-order valence-electron chi connectivity index (χ0n) is 18.1. The van der Waals surface area contributed by atoms with Gasteiger partial charge in [-0.1, -0.05) is 30.3 Å².